The Bertz CT molecular complexity index is 244. The van der Waals surface area contributed by atoms with Crippen LogP contribution in [0.4, 0.5) is 0 Å². The quantitative estimate of drug-likeness (QED) is 0.560. The van der Waals surface area contributed by atoms with E-state index in [0.29, 0.717) is 7.44 Å². The summed E-state index contributed by atoms with van der Waals surface area (Å²) in [5.41, 5.74) is 0. The molecule has 0 N–H and O–H groups in total. The first-order valence-electron chi connectivity index (χ1n) is 5.47. The fourth-order valence-corrected chi connectivity index (χ4v) is 10.2. The number of allylic oxidation sites excluding steroid dienone is 4. The third-order valence-corrected chi connectivity index (χ3v) is 8.86. The molecule has 0 saturated carbocycles. The number of rotatable bonds is 1. The molecule has 0 aromatic rings. The molecule has 1 rings (SSSR count). The first kappa shape index (κ1) is 12.3. The van der Waals surface area contributed by atoms with Crippen LogP contribution in [0.5, 0.6) is 0 Å². The zero-order chi connectivity index (χ0) is 11.0. The number of hydrogen-bond donors (Lipinski definition) is 0. The average molecular weight is 227 g/mol. The predicted octanol–water partition coefficient (Wildman–Crippen LogP) is 4.89. The summed E-state index contributed by atoms with van der Waals surface area (Å²) >= 11 is -1.17. The van der Waals surface area contributed by atoms with Crippen LogP contribution in [0.15, 0.2) is 22.1 Å². The van der Waals surface area contributed by atoms with Crippen LogP contribution in [-0.4, -0.2) is 0 Å². The maximum absolute atomic E-state index is 2.42. The van der Waals surface area contributed by atoms with E-state index in [2.05, 4.69) is 59.8 Å². The van der Waals surface area contributed by atoms with Gasteiger partial charge in [0.2, 0.25) is 0 Å². The van der Waals surface area contributed by atoms with E-state index in [1.807, 2.05) is 0 Å². The molecule has 0 fully saturated rings. The summed E-state index contributed by atoms with van der Waals surface area (Å²) in [5, 5.41) is 0. The molecule has 79 valence electrons. The molecule has 1 aliphatic rings. The van der Waals surface area contributed by atoms with Gasteiger partial charge in [0.05, 0.1) is 0 Å². The van der Waals surface area contributed by atoms with Crippen molar-refractivity contribution >= 4 is 0 Å². The summed E-state index contributed by atoms with van der Waals surface area (Å²) in [6.07, 6.45) is 8.15. The van der Waals surface area contributed by atoms with Gasteiger partial charge in [0.1, 0.15) is 0 Å². The van der Waals surface area contributed by atoms with Crippen molar-refractivity contribution in [3.05, 3.63) is 22.1 Å². The van der Waals surface area contributed by atoms with E-state index < -0.39 is 17.9 Å². The van der Waals surface area contributed by atoms with Gasteiger partial charge in [0.25, 0.3) is 0 Å². The van der Waals surface area contributed by atoms with E-state index in [-0.39, 0.29) is 0 Å². The molecule has 0 aliphatic heterocycles. The van der Waals surface area contributed by atoms with Crippen LogP contribution in [0.25, 0.3) is 0 Å². The second-order valence-corrected chi connectivity index (χ2v) is 13.1. The fourth-order valence-electron chi connectivity index (χ4n) is 2.72. The van der Waals surface area contributed by atoms with Gasteiger partial charge in [-0.25, -0.2) is 0 Å². The molecule has 0 heterocycles. The van der Waals surface area contributed by atoms with Crippen molar-refractivity contribution in [1.82, 2.24) is 0 Å². The van der Waals surface area contributed by atoms with Gasteiger partial charge in [-0.3, -0.25) is 0 Å². The summed E-state index contributed by atoms with van der Waals surface area (Å²) in [7, 11) is 0. The van der Waals surface area contributed by atoms with Crippen molar-refractivity contribution in [1.29, 1.82) is 0 Å². The Morgan fingerprint density at radius 2 is 1.50 bits per heavy atom. The SMILES string of the molecule is C[C](C)(C)[Ti]([C]1=CC=CC1)[C](C)(C)C. The molecule has 0 radical (unpaired) electrons. The Balaban J connectivity index is 2.95. The topological polar surface area (TPSA) is 0 Å². The van der Waals surface area contributed by atoms with Gasteiger partial charge < -0.3 is 0 Å². The molecular weight excluding hydrogens is 204 g/mol. The first-order chi connectivity index (χ1) is 6.23. The van der Waals surface area contributed by atoms with Crippen molar-refractivity contribution in [2.24, 2.45) is 0 Å². The monoisotopic (exact) mass is 227 g/mol. The Kier molecular flexibility index (Phi) is 3.49. The minimum absolute atomic E-state index is 0.524. The van der Waals surface area contributed by atoms with E-state index in [4.69, 9.17) is 0 Å². The standard InChI is InChI=1S/C5H5.2C4H9.Ti/c1-2-4-5-3-1;2*1-4(2)3;/h1-3H,4H2;2*1-3H3;. The Morgan fingerprint density at radius 3 is 1.79 bits per heavy atom. The third-order valence-electron chi connectivity index (χ3n) is 2.59. The van der Waals surface area contributed by atoms with Crippen LogP contribution < -0.4 is 0 Å². The van der Waals surface area contributed by atoms with Crippen LogP contribution in [0.3, 0.4) is 0 Å². The van der Waals surface area contributed by atoms with Crippen LogP contribution in [-0.2, 0) is 17.9 Å². The summed E-state index contributed by atoms with van der Waals surface area (Å²) in [6.45, 7) is 14.5. The average Bonchev–Trinajstić information content (AvgIpc) is 2.31. The Morgan fingerprint density at radius 1 is 1.00 bits per heavy atom. The summed E-state index contributed by atoms with van der Waals surface area (Å²) in [5.74, 6) is 0. The molecule has 14 heavy (non-hydrogen) atoms. The van der Waals surface area contributed by atoms with E-state index in [1.54, 1.807) is 3.88 Å². The van der Waals surface area contributed by atoms with Gasteiger partial charge in [0, 0.05) is 0 Å². The van der Waals surface area contributed by atoms with E-state index in [9.17, 15) is 0 Å². The van der Waals surface area contributed by atoms with Crippen molar-refractivity contribution in [3.8, 4) is 0 Å². The maximum atomic E-state index is 2.42. The zero-order valence-electron chi connectivity index (χ0n) is 10.4. The molecule has 0 amide bonds. The van der Waals surface area contributed by atoms with Crippen LogP contribution in [0.1, 0.15) is 48.0 Å². The molecule has 0 atom stereocenters. The summed E-state index contributed by atoms with van der Waals surface area (Å²) in [6, 6.07) is 0. The second-order valence-electron chi connectivity index (χ2n) is 6.20. The molecule has 0 aromatic heterocycles. The second kappa shape index (κ2) is 3.98. The van der Waals surface area contributed by atoms with Gasteiger partial charge in [-0.05, 0) is 0 Å². The minimum atomic E-state index is -1.17. The first-order valence-corrected chi connectivity index (χ1v) is 7.81. The normalized spacial score (nSPS) is 17.1. The Labute approximate surface area is 95.3 Å². The third kappa shape index (κ3) is 2.84. The van der Waals surface area contributed by atoms with E-state index in [0.717, 1.165) is 0 Å². The molecule has 0 saturated heterocycles. The number of hydrogen-bond acceptors (Lipinski definition) is 0. The van der Waals surface area contributed by atoms with Crippen molar-refractivity contribution in [2.45, 2.75) is 55.4 Å². The summed E-state index contributed by atoms with van der Waals surface area (Å²) < 4.78 is 2.82. The van der Waals surface area contributed by atoms with Gasteiger partial charge >= 0.3 is 95.4 Å². The molecule has 1 aliphatic carbocycles. The Hall–Kier alpha value is 0.194. The molecule has 0 aromatic carbocycles. The molecule has 1 heteroatoms. The van der Waals surface area contributed by atoms with Crippen LogP contribution in [0, 0.1) is 0 Å². The molecule has 0 nitrogen and oxygen atoms in total. The molecule has 0 unspecified atom stereocenters. The molecule has 0 bridgehead atoms. The van der Waals surface area contributed by atoms with Gasteiger partial charge in [0.15, 0.2) is 0 Å². The van der Waals surface area contributed by atoms with Crippen molar-refractivity contribution in [2.75, 3.05) is 0 Å². The predicted molar refractivity (Wildman–Crippen MR) is 61.3 cm³/mol. The van der Waals surface area contributed by atoms with E-state index in [1.165, 1.54) is 6.42 Å². The van der Waals surface area contributed by atoms with E-state index >= 15 is 0 Å². The van der Waals surface area contributed by atoms with Gasteiger partial charge in [-0.15, -0.1) is 0 Å². The molecular formula is C13H23Ti. The fraction of sp³-hybridized carbons (Fsp3) is 0.692. The summed E-state index contributed by atoms with van der Waals surface area (Å²) in [4.78, 5) is 0. The molecule has 0 spiro atoms. The van der Waals surface area contributed by atoms with Crippen LogP contribution in [0.2, 0.25) is 7.44 Å². The van der Waals surface area contributed by atoms with Gasteiger partial charge in [-0.2, -0.15) is 0 Å². The van der Waals surface area contributed by atoms with Gasteiger partial charge in [-0.1, -0.05) is 0 Å². The van der Waals surface area contributed by atoms with Crippen molar-refractivity contribution in [3.63, 3.8) is 0 Å². The van der Waals surface area contributed by atoms with Crippen LogP contribution >= 0.6 is 0 Å². The zero-order valence-corrected chi connectivity index (χ0v) is 12.0. The van der Waals surface area contributed by atoms with Crippen molar-refractivity contribution < 1.29 is 17.9 Å².